The third-order valence-corrected chi connectivity index (χ3v) is 5.68. The average Bonchev–Trinajstić information content (AvgIpc) is 2.96. The number of aromatic nitrogens is 1. The van der Waals surface area contributed by atoms with Gasteiger partial charge in [0.15, 0.2) is 0 Å². The molecule has 0 spiro atoms. The fourth-order valence-electron chi connectivity index (χ4n) is 3.37. The van der Waals surface area contributed by atoms with Crippen molar-refractivity contribution in [2.24, 2.45) is 11.7 Å². The highest BCUT2D eigenvalue weighted by atomic mass is 32.1. The van der Waals surface area contributed by atoms with Crippen LogP contribution in [0.3, 0.4) is 0 Å². The number of carbonyl (C=O) groups excluding carboxylic acids is 1. The first-order valence-electron chi connectivity index (χ1n) is 8.25. The van der Waals surface area contributed by atoms with Crippen LogP contribution < -0.4 is 5.73 Å². The minimum atomic E-state index is -0.291. The quantitative estimate of drug-likeness (QED) is 0.925. The molecule has 1 aromatic carbocycles. The monoisotopic (exact) mass is 347 g/mol. The number of halogens is 1. The Balaban J connectivity index is 1.97. The maximum atomic E-state index is 13.2. The summed E-state index contributed by atoms with van der Waals surface area (Å²) in [6, 6.07) is 6.25. The SMILES string of the molecule is Cc1nc(C(=O)N2CCCC(C)[C@@H]2CN)c(-c2ccc(F)cc2)s1. The number of rotatable bonds is 3. The smallest absolute Gasteiger partial charge is 0.274 e. The molecule has 6 heteroatoms. The fraction of sp³-hybridized carbons (Fsp3) is 0.444. The lowest BCUT2D eigenvalue weighted by atomic mass is 9.90. The Hall–Kier alpha value is -1.79. The Kier molecular flexibility index (Phi) is 4.96. The van der Waals surface area contributed by atoms with Gasteiger partial charge in [-0.25, -0.2) is 9.37 Å². The number of benzene rings is 1. The Bertz CT molecular complexity index is 728. The first-order chi connectivity index (χ1) is 11.5. The highest BCUT2D eigenvalue weighted by Gasteiger charge is 2.33. The van der Waals surface area contributed by atoms with Crippen LogP contribution in [0.25, 0.3) is 10.4 Å². The molecule has 24 heavy (non-hydrogen) atoms. The number of piperidine rings is 1. The Labute approximate surface area is 145 Å². The lowest BCUT2D eigenvalue weighted by Gasteiger charge is -2.39. The maximum Gasteiger partial charge on any atom is 0.274 e. The second-order valence-electron chi connectivity index (χ2n) is 6.34. The van der Waals surface area contributed by atoms with Gasteiger partial charge < -0.3 is 10.6 Å². The number of amides is 1. The number of hydrogen-bond acceptors (Lipinski definition) is 4. The normalized spacial score (nSPS) is 21.1. The van der Waals surface area contributed by atoms with Gasteiger partial charge in [-0.3, -0.25) is 4.79 Å². The molecule has 2 aromatic rings. The molecule has 2 N–H and O–H groups in total. The summed E-state index contributed by atoms with van der Waals surface area (Å²) in [6.07, 6.45) is 2.07. The highest BCUT2D eigenvalue weighted by molar-refractivity contribution is 7.15. The first-order valence-corrected chi connectivity index (χ1v) is 9.07. The molecule has 3 rings (SSSR count). The molecule has 1 aliphatic rings. The van der Waals surface area contributed by atoms with Crippen molar-refractivity contribution in [3.05, 3.63) is 40.8 Å². The minimum Gasteiger partial charge on any atom is -0.333 e. The molecule has 1 aromatic heterocycles. The molecule has 0 aliphatic carbocycles. The van der Waals surface area contributed by atoms with Crippen molar-refractivity contribution >= 4 is 17.2 Å². The van der Waals surface area contributed by atoms with Gasteiger partial charge in [0.25, 0.3) is 5.91 Å². The number of aryl methyl sites for hydroxylation is 1. The maximum absolute atomic E-state index is 13.2. The Morgan fingerprint density at radius 1 is 1.42 bits per heavy atom. The molecule has 1 unspecified atom stereocenters. The van der Waals surface area contributed by atoms with Gasteiger partial charge in [-0.15, -0.1) is 11.3 Å². The van der Waals surface area contributed by atoms with Gasteiger partial charge in [0.05, 0.1) is 9.88 Å². The zero-order chi connectivity index (χ0) is 17.3. The molecular formula is C18H22FN3OS. The van der Waals surface area contributed by atoms with Crippen LogP contribution in [-0.4, -0.2) is 34.9 Å². The van der Waals surface area contributed by atoms with Gasteiger partial charge in [0, 0.05) is 19.1 Å². The zero-order valence-corrected chi connectivity index (χ0v) is 14.8. The van der Waals surface area contributed by atoms with E-state index in [1.54, 1.807) is 12.1 Å². The van der Waals surface area contributed by atoms with E-state index in [1.807, 2.05) is 11.8 Å². The summed E-state index contributed by atoms with van der Waals surface area (Å²) in [5, 5.41) is 0.826. The van der Waals surface area contributed by atoms with Crippen molar-refractivity contribution in [3.8, 4) is 10.4 Å². The van der Waals surface area contributed by atoms with E-state index in [-0.39, 0.29) is 17.8 Å². The number of nitrogens with zero attached hydrogens (tertiary/aromatic N) is 2. The van der Waals surface area contributed by atoms with Gasteiger partial charge in [0.1, 0.15) is 11.5 Å². The van der Waals surface area contributed by atoms with Crippen LogP contribution in [0.2, 0.25) is 0 Å². The molecule has 0 saturated carbocycles. The van der Waals surface area contributed by atoms with E-state index in [0.29, 0.717) is 24.7 Å². The van der Waals surface area contributed by atoms with Crippen LogP contribution in [0.15, 0.2) is 24.3 Å². The lowest BCUT2D eigenvalue weighted by Crippen LogP contribution is -2.51. The van der Waals surface area contributed by atoms with E-state index >= 15 is 0 Å². The molecule has 2 heterocycles. The van der Waals surface area contributed by atoms with Crippen LogP contribution in [0.4, 0.5) is 4.39 Å². The third kappa shape index (κ3) is 3.21. The zero-order valence-electron chi connectivity index (χ0n) is 14.0. The van der Waals surface area contributed by atoms with Crippen LogP contribution >= 0.6 is 11.3 Å². The van der Waals surface area contributed by atoms with Crippen molar-refractivity contribution in [1.29, 1.82) is 0 Å². The molecule has 1 fully saturated rings. The number of thiazole rings is 1. The Morgan fingerprint density at radius 3 is 2.79 bits per heavy atom. The van der Waals surface area contributed by atoms with Crippen molar-refractivity contribution in [2.45, 2.75) is 32.7 Å². The van der Waals surface area contributed by atoms with Crippen LogP contribution in [-0.2, 0) is 0 Å². The fourth-order valence-corrected chi connectivity index (χ4v) is 4.28. The molecule has 1 saturated heterocycles. The van der Waals surface area contributed by atoms with Crippen molar-refractivity contribution < 1.29 is 9.18 Å². The van der Waals surface area contributed by atoms with Gasteiger partial charge in [-0.2, -0.15) is 0 Å². The van der Waals surface area contributed by atoms with E-state index in [4.69, 9.17) is 5.73 Å². The van der Waals surface area contributed by atoms with E-state index in [1.165, 1.54) is 23.5 Å². The molecule has 4 nitrogen and oxygen atoms in total. The van der Waals surface area contributed by atoms with Gasteiger partial charge in [-0.1, -0.05) is 19.1 Å². The predicted molar refractivity (Wildman–Crippen MR) is 94.5 cm³/mol. The van der Waals surface area contributed by atoms with Crippen LogP contribution in [0.1, 0.15) is 35.3 Å². The van der Waals surface area contributed by atoms with Crippen molar-refractivity contribution in [2.75, 3.05) is 13.1 Å². The summed E-state index contributed by atoms with van der Waals surface area (Å²) in [7, 11) is 0. The molecule has 2 atom stereocenters. The Morgan fingerprint density at radius 2 is 2.12 bits per heavy atom. The first kappa shape index (κ1) is 17.0. The molecular weight excluding hydrogens is 325 g/mol. The second-order valence-corrected chi connectivity index (χ2v) is 7.54. The predicted octanol–water partition coefficient (Wildman–Crippen LogP) is 3.46. The van der Waals surface area contributed by atoms with Gasteiger partial charge in [0.2, 0.25) is 0 Å². The van der Waals surface area contributed by atoms with E-state index in [2.05, 4.69) is 11.9 Å². The van der Waals surface area contributed by atoms with Gasteiger partial charge >= 0.3 is 0 Å². The van der Waals surface area contributed by atoms with E-state index in [0.717, 1.165) is 28.3 Å². The van der Waals surface area contributed by atoms with Crippen molar-refractivity contribution in [1.82, 2.24) is 9.88 Å². The summed E-state index contributed by atoms with van der Waals surface area (Å²) < 4.78 is 13.2. The molecule has 128 valence electrons. The molecule has 1 amide bonds. The number of hydrogen-bond donors (Lipinski definition) is 1. The van der Waals surface area contributed by atoms with Crippen molar-refractivity contribution in [3.63, 3.8) is 0 Å². The molecule has 0 bridgehead atoms. The lowest BCUT2D eigenvalue weighted by molar-refractivity contribution is 0.0528. The number of carbonyl (C=O) groups is 1. The number of likely N-dealkylation sites (tertiary alicyclic amines) is 1. The van der Waals surface area contributed by atoms with Gasteiger partial charge in [-0.05, 0) is 43.4 Å². The second kappa shape index (κ2) is 6.99. The average molecular weight is 347 g/mol. The largest absolute Gasteiger partial charge is 0.333 e. The summed E-state index contributed by atoms with van der Waals surface area (Å²) in [6.45, 7) is 5.20. The van der Waals surface area contributed by atoms with Crippen LogP contribution in [0, 0.1) is 18.7 Å². The third-order valence-electron chi connectivity index (χ3n) is 4.66. The van der Waals surface area contributed by atoms with E-state index < -0.39 is 0 Å². The topological polar surface area (TPSA) is 59.2 Å². The summed E-state index contributed by atoms with van der Waals surface area (Å²) >= 11 is 1.46. The summed E-state index contributed by atoms with van der Waals surface area (Å²) in [5.74, 6) is 0.0308. The minimum absolute atomic E-state index is 0.0503. The summed E-state index contributed by atoms with van der Waals surface area (Å²) in [4.78, 5) is 20.3. The number of nitrogens with two attached hydrogens (primary N) is 1. The molecule has 0 radical (unpaired) electrons. The van der Waals surface area contributed by atoms with E-state index in [9.17, 15) is 9.18 Å². The highest BCUT2D eigenvalue weighted by Crippen LogP contribution is 2.33. The standard InChI is InChI=1S/C18H22FN3OS/c1-11-4-3-9-22(15(11)10-20)18(23)16-17(24-12(2)21-16)13-5-7-14(19)8-6-13/h5-8,11,15H,3-4,9-10,20H2,1-2H3/t11?,15-/m0/s1. The van der Waals surface area contributed by atoms with Crippen LogP contribution in [0.5, 0.6) is 0 Å². The summed E-state index contributed by atoms with van der Waals surface area (Å²) in [5.41, 5.74) is 7.19. The molecule has 1 aliphatic heterocycles.